The molecule has 0 aliphatic carbocycles. The molecule has 2 N–H and O–H groups in total. The molecular weight excluding hydrogens is 705 g/mol. The number of carbonyl (C=O) groups excluding carboxylic acids is 3. The lowest BCUT2D eigenvalue weighted by atomic mass is 10.1. The Balaban J connectivity index is 4.36. The fourth-order valence-corrected chi connectivity index (χ4v) is 6.65. The zero-order chi connectivity index (χ0) is 39.8. The first-order chi connectivity index (χ1) is 26.2. The van der Waals surface area contributed by atoms with Gasteiger partial charge in [-0.05, 0) is 64.2 Å². The van der Waals surface area contributed by atoms with Crippen molar-refractivity contribution in [3.8, 4) is 0 Å². The smallest absolute Gasteiger partial charge is 0.462 e. The van der Waals surface area contributed by atoms with Crippen LogP contribution in [0, 0.1) is 0 Å². The molecular formula is C43H80NO9P. The van der Waals surface area contributed by atoms with Crippen molar-refractivity contribution < 1.29 is 42.4 Å². The van der Waals surface area contributed by atoms with Crippen molar-refractivity contribution in [1.82, 2.24) is 5.32 Å². The van der Waals surface area contributed by atoms with Crippen LogP contribution in [0.15, 0.2) is 24.3 Å². The zero-order valence-electron chi connectivity index (χ0n) is 34.7. The van der Waals surface area contributed by atoms with Crippen molar-refractivity contribution in [3.05, 3.63) is 24.3 Å². The number of unbranched alkanes of at least 4 members (excludes halogenated alkanes) is 22. The van der Waals surface area contributed by atoms with Gasteiger partial charge in [-0.15, -0.1) is 0 Å². The third-order valence-corrected chi connectivity index (χ3v) is 10.2. The molecule has 1 amide bonds. The predicted octanol–water partition coefficient (Wildman–Crippen LogP) is 11.8. The van der Waals surface area contributed by atoms with Crippen molar-refractivity contribution in [3.63, 3.8) is 0 Å². The lowest BCUT2D eigenvalue weighted by molar-refractivity contribution is -0.161. The van der Waals surface area contributed by atoms with Gasteiger partial charge in [0.1, 0.15) is 6.61 Å². The molecule has 0 saturated carbocycles. The summed E-state index contributed by atoms with van der Waals surface area (Å²) in [5.41, 5.74) is 0. The Hall–Kier alpha value is -2.00. The van der Waals surface area contributed by atoms with E-state index in [0.717, 1.165) is 64.2 Å². The van der Waals surface area contributed by atoms with Crippen molar-refractivity contribution in [2.24, 2.45) is 0 Å². The van der Waals surface area contributed by atoms with Crippen molar-refractivity contribution in [1.29, 1.82) is 0 Å². The monoisotopic (exact) mass is 786 g/mol. The van der Waals surface area contributed by atoms with E-state index in [0.29, 0.717) is 12.8 Å². The summed E-state index contributed by atoms with van der Waals surface area (Å²) in [6.45, 7) is 4.84. The van der Waals surface area contributed by atoms with E-state index in [9.17, 15) is 23.8 Å². The number of hydrogen-bond donors (Lipinski definition) is 2. The maximum absolute atomic E-state index is 12.6. The van der Waals surface area contributed by atoms with Crippen molar-refractivity contribution >= 4 is 25.7 Å². The van der Waals surface area contributed by atoms with Gasteiger partial charge in [-0.2, -0.15) is 0 Å². The van der Waals surface area contributed by atoms with Gasteiger partial charge in [-0.3, -0.25) is 23.4 Å². The fourth-order valence-electron chi connectivity index (χ4n) is 5.90. The Morgan fingerprint density at radius 2 is 0.981 bits per heavy atom. The molecule has 0 heterocycles. The molecule has 0 aromatic rings. The number of allylic oxidation sites excluding steroid dienone is 4. The quantitative estimate of drug-likeness (QED) is 0.0269. The van der Waals surface area contributed by atoms with Gasteiger partial charge in [0.05, 0.1) is 13.2 Å². The Morgan fingerprint density at radius 1 is 0.574 bits per heavy atom. The first-order valence-electron chi connectivity index (χ1n) is 21.7. The minimum atomic E-state index is -4.49. The molecule has 0 aliphatic rings. The SMILES string of the molecule is CCCCCCCCC=CCCCCCCCC(=O)OC[C@H](COP(=O)(O)OCCNC(C)=O)OC(=O)CCCCCCCC=CCCCCCCCC. The summed E-state index contributed by atoms with van der Waals surface area (Å²) in [5.74, 6) is -1.19. The summed E-state index contributed by atoms with van der Waals surface area (Å²) < 4.78 is 33.1. The summed E-state index contributed by atoms with van der Waals surface area (Å²) in [6, 6.07) is 0. The molecule has 0 rings (SSSR count). The highest BCUT2D eigenvalue weighted by Gasteiger charge is 2.26. The number of rotatable bonds is 40. The molecule has 1 unspecified atom stereocenters. The summed E-state index contributed by atoms with van der Waals surface area (Å²) in [4.78, 5) is 46.1. The average Bonchev–Trinajstić information content (AvgIpc) is 3.14. The average molecular weight is 786 g/mol. The molecule has 11 heteroatoms. The third-order valence-electron chi connectivity index (χ3n) is 9.17. The molecule has 0 aromatic carbocycles. The van der Waals surface area contributed by atoms with Crippen LogP contribution in [0.5, 0.6) is 0 Å². The number of amides is 1. The Bertz CT molecular complexity index is 1000. The maximum atomic E-state index is 12.6. The van der Waals surface area contributed by atoms with Crippen LogP contribution in [-0.4, -0.2) is 55.2 Å². The van der Waals surface area contributed by atoms with Crippen molar-refractivity contribution in [2.75, 3.05) is 26.4 Å². The molecule has 0 spiro atoms. The molecule has 2 atom stereocenters. The number of esters is 2. The molecule has 0 fully saturated rings. The molecule has 0 bridgehead atoms. The van der Waals surface area contributed by atoms with Crippen LogP contribution < -0.4 is 5.32 Å². The van der Waals surface area contributed by atoms with Gasteiger partial charge >= 0.3 is 19.8 Å². The molecule has 0 aromatic heterocycles. The lowest BCUT2D eigenvalue weighted by Crippen LogP contribution is -2.30. The van der Waals surface area contributed by atoms with Gasteiger partial charge in [0.2, 0.25) is 5.91 Å². The second-order valence-electron chi connectivity index (χ2n) is 14.5. The number of phosphoric ester groups is 1. The molecule has 0 aliphatic heterocycles. The largest absolute Gasteiger partial charge is 0.472 e. The van der Waals surface area contributed by atoms with E-state index in [-0.39, 0.29) is 38.5 Å². The number of carbonyl (C=O) groups is 3. The fraction of sp³-hybridized carbons (Fsp3) is 0.837. The molecule has 0 radical (unpaired) electrons. The van der Waals surface area contributed by atoms with E-state index in [1.54, 1.807) is 0 Å². The molecule has 0 saturated heterocycles. The van der Waals surface area contributed by atoms with E-state index in [1.807, 2.05) is 0 Å². The van der Waals surface area contributed by atoms with E-state index < -0.39 is 32.5 Å². The second-order valence-corrected chi connectivity index (χ2v) is 16.0. The van der Waals surface area contributed by atoms with Gasteiger partial charge in [0, 0.05) is 26.3 Å². The summed E-state index contributed by atoms with van der Waals surface area (Å²) in [5, 5.41) is 2.46. The van der Waals surface area contributed by atoms with Gasteiger partial charge in [-0.1, -0.05) is 141 Å². The Kier molecular flexibility index (Phi) is 37.8. The first-order valence-corrected chi connectivity index (χ1v) is 23.2. The Labute approximate surface area is 330 Å². The van der Waals surface area contributed by atoms with Gasteiger partial charge in [-0.25, -0.2) is 4.57 Å². The molecule has 10 nitrogen and oxygen atoms in total. The van der Waals surface area contributed by atoms with Crippen LogP contribution in [0.2, 0.25) is 0 Å². The predicted molar refractivity (Wildman–Crippen MR) is 220 cm³/mol. The first kappa shape index (κ1) is 52.0. The standard InChI is InChI=1S/C43H80NO9P/c1-4-6-8-10-12-14-16-18-20-22-24-26-28-30-32-34-42(46)50-38-41(39-52-54(48,49)51-37-36-44-40(3)45)53-43(47)35-33-31-29-27-25-23-21-19-17-15-13-11-9-7-5-2/h18-21,41H,4-17,22-39H2,1-3H3,(H,44,45)(H,48,49)/t41-/m1/s1. The summed E-state index contributed by atoms with van der Waals surface area (Å²) in [7, 11) is -4.49. The highest BCUT2D eigenvalue weighted by atomic mass is 31.2. The third kappa shape index (κ3) is 39.7. The second kappa shape index (κ2) is 39.2. The van der Waals surface area contributed by atoms with Crippen LogP contribution >= 0.6 is 7.82 Å². The molecule has 54 heavy (non-hydrogen) atoms. The van der Waals surface area contributed by atoms with Gasteiger partial charge in [0.25, 0.3) is 0 Å². The number of nitrogens with one attached hydrogen (secondary N) is 1. The van der Waals surface area contributed by atoms with Crippen LogP contribution in [0.1, 0.15) is 201 Å². The topological polar surface area (TPSA) is 137 Å². The zero-order valence-corrected chi connectivity index (χ0v) is 35.6. The van der Waals surface area contributed by atoms with E-state index in [4.69, 9.17) is 18.5 Å². The van der Waals surface area contributed by atoms with Crippen LogP contribution in [-0.2, 0) is 37.5 Å². The minimum absolute atomic E-state index is 0.0333. The number of hydrogen-bond acceptors (Lipinski definition) is 8. The highest BCUT2D eigenvalue weighted by molar-refractivity contribution is 7.47. The number of phosphoric acid groups is 1. The number of ether oxygens (including phenoxy) is 2. The van der Waals surface area contributed by atoms with E-state index in [2.05, 4.69) is 43.5 Å². The summed E-state index contributed by atoms with van der Waals surface area (Å²) >= 11 is 0. The highest BCUT2D eigenvalue weighted by Crippen LogP contribution is 2.43. The minimum Gasteiger partial charge on any atom is -0.462 e. The van der Waals surface area contributed by atoms with E-state index >= 15 is 0 Å². The normalized spacial score (nSPS) is 13.3. The van der Waals surface area contributed by atoms with Crippen molar-refractivity contribution in [2.45, 2.75) is 207 Å². The molecule has 316 valence electrons. The summed E-state index contributed by atoms with van der Waals surface area (Å²) in [6.07, 6.45) is 38.8. The van der Waals surface area contributed by atoms with E-state index in [1.165, 1.54) is 96.8 Å². The Morgan fingerprint density at radius 3 is 1.43 bits per heavy atom. The van der Waals surface area contributed by atoms with Gasteiger partial charge < -0.3 is 19.7 Å². The van der Waals surface area contributed by atoms with Gasteiger partial charge in [0.15, 0.2) is 6.10 Å². The lowest BCUT2D eigenvalue weighted by Gasteiger charge is -2.20. The van der Waals surface area contributed by atoms with Crippen LogP contribution in [0.3, 0.4) is 0 Å². The van der Waals surface area contributed by atoms with Crippen LogP contribution in [0.4, 0.5) is 0 Å². The maximum Gasteiger partial charge on any atom is 0.472 e. The van der Waals surface area contributed by atoms with Crippen LogP contribution in [0.25, 0.3) is 0 Å².